The van der Waals surface area contributed by atoms with Crippen LogP contribution in [0, 0.1) is 0 Å². The van der Waals surface area contributed by atoms with E-state index < -0.39 is 0 Å². The summed E-state index contributed by atoms with van der Waals surface area (Å²) in [5.41, 5.74) is 9.58. The zero-order valence-corrected chi connectivity index (χ0v) is 11.3. The van der Waals surface area contributed by atoms with Crippen LogP contribution in [0.1, 0.15) is 0 Å². The summed E-state index contributed by atoms with van der Waals surface area (Å²) < 4.78 is 7.32. The Morgan fingerprint density at radius 1 is 1.25 bits per heavy atom. The molecule has 0 aliphatic heterocycles. The summed E-state index contributed by atoms with van der Waals surface area (Å²) >= 11 is 0. The van der Waals surface area contributed by atoms with Crippen molar-refractivity contribution >= 4 is 16.7 Å². The van der Waals surface area contributed by atoms with E-state index in [-0.39, 0.29) is 0 Å². The molecule has 20 heavy (non-hydrogen) atoms. The van der Waals surface area contributed by atoms with Gasteiger partial charge in [-0.2, -0.15) is 0 Å². The number of nitrogens with two attached hydrogens (primary N) is 1. The number of hydrogen-bond acceptors (Lipinski definition) is 4. The van der Waals surface area contributed by atoms with Crippen LogP contribution in [-0.4, -0.2) is 28.3 Å². The SMILES string of the molecule is COCCn1c(-c2ccncc2N)nc2ccccc21. The van der Waals surface area contributed by atoms with Crippen molar-refractivity contribution in [1.82, 2.24) is 14.5 Å². The van der Waals surface area contributed by atoms with Crippen LogP contribution in [0.15, 0.2) is 42.7 Å². The van der Waals surface area contributed by atoms with Crippen LogP contribution < -0.4 is 5.73 Å². The monoisotopic (exact) mass is 268 g/mol. The van der Waals surface area contributed by atoms with E-state index in [2.05, 4.69) is 15.6 Å². The molecule has 3 rings (SSSR count). The predicted molar refractivity (Wildman–Crippen MR) is 79.3 cm³/mol. The maximum Gasteiger partial charge on any atom is 0.143 e. The number of imidazole rings is 1. The van der Waals surface area contributed by atoms with Gasteiger partial charge in [-0.25, -0.2) is 4.98 Å². The van der Waals surface area contributed by atoms with E-state index in [1.807, 2.05) is 24.3 Å². The van der Waals surface area contributed by atoms with Crippen molar-refractivity contribution in [3.8, 4) is 11.4 Å². The highest BCUT2D eigenvalue weighted by atomic mass is 16.5. The number of nitrogen functional groups attached to an aromatic ring is 1. The standard InChI is InChI=1S/C15H16N4O/c1-20-9-8-19-14-5-3-2-4-13(14)18-15(19)11-6-7-17-10-12(11)16/h2-7,10H,8-9,16H2,1H3. The number of fused-ring (bicyclic) bond motifs is 1. The second-order valence-electron chi connectivity index (χ2n) is 4.53. The van der Waals surface area contributed by atoms with E-state index >= 15 is 0 Å². The molecular formula is C15H16N4O. The van der Waals surface area contributed by atoms with E-state index in [9.17, 15) is 0 Å². The molecular weight excluding hydrogens is 252 g/mol. The quantitative estimate of drug-likeness (QED) is 0.788. The van der Waals surface area contributed by atoms with E-state index in [0.29, 0.717) is 12.3 Å². The van der Waals surface area contributed by atoms with Gasteiger partial charge in [-0.1, -0.05) is 12.1 Å². The molecule has 0 bridgehead atoms. The Morgan fingerprint density at radius 3 is 2.90 bits per heavy atom. The molecule has 0 fully saturated rings. The summed E-state index contributed by atoms with van der Waals surface area (Å²) in [6.45, 7) is 1.35. The van der Waals surface area contributed by atoms with Gasteiger partial charge in [0.1, 0.15) is 5.82 Å². The van der Waals surface area contributed by atoms with Gasteiger partial charge in [-0.15, -0.1) is 0 Å². The third-order valence-corrected chi connectivity index (χ3v) is 3.27. The van der Waals surface area contributed by atoms with E-state index in [0.717, 1.165) is 29.0 Å². The number of ether oxygens (including phenoxy) is 1. The Labute approximate surface area is 117 Å². The summed E-state index contributed by atoms with van der Waals surface area (Å²) in [7, 11) is 1.69. The highest BCUT2D eigenvalue weighted by Crippen LogP contribution is 2.28. The lowest BCUT2D eigenvalue weighted by atomic mass is 10.2. The first-order valence-corrected chi connectivity index (χ1v) is 6.45. The first-order valence-electron chi connectivity index (χ1n) is 6.45. The number of hydrogen-bond donors (Lipinski definition) is 1. The number of para-hydroxylation sites is 2. The molecule has 0 saturated carbocycles. The number of rotatable bonds is 4. The molecule has 2 N–H and O–H groups in total. The molecule has 1 aromatic carbocycles. The first kappa shape index (κ1) is 12.6. The fourth-order valence-electron chi connectivity index (χ4n) is 2.30. The highest BCUT2D eigenvalue weighted by molar-refractivity contribution is 5.83. The molecule has 0 radical (unpaired) electrons. The molecule has 0 aliphatic rings. The van der Waals surface area contributed by atoms with Gasteiger partial charge >= 0.3 is 0 Å². The average Bonchev–Trinajstić information content (AvgIpc) is 2.84. The fourth-order valence-corrected chi connectivity index (χ4v) is 2.30. The lowest BCUT2D eigenvalue weighted by Gasteiger charge is -2.10. The van der Waals surface area contributed by atoms with Crippen LogP contribution >= 0.6 is 0 Å². The molecule has 3 aromatic rings. The molecule has 5 nitrogen and oxygen atoms in total. The molecule has 0 aliphatic carbocycles. The molecule has 0 amide bonds. The van der Waals surface area contributed by atoms with Gasteiger partial charge < -0.3 is 15.0 Å². The summed E-state index contributed by atoms with van der Waals surface area (Å²) in [4.78, 5) is 8.73. The molecule has 0 atom stereocenters. The van der Waals surface area contributed by atoms with Gasteiger partial charge in [0.25, 0.3) is 0 Å². The second kappa shape index (κ2) is 5.30. The molecule has 2 aromatic heterocycles. The Morgan fingerprint density at radius 2 is 2.10 bits per heavy atom. The number of aromatic nitrogens is 3. The smallest absolute Gasteiger partial charge is 0.143 e. The van der Waals surface area contributed by atoms with Crippen LogP contribution in [0.25, 0.3) is 22.4 Å². The third-order valence-electron chi connectivity index (χ3n) is 3.27. The minimum atomic E-state index is 0.623. The van der Waals surface area contributed by atoms with Gasteiger partial charge in [0.05, 0.1) is 29.5 Å². The van der Waals surface area contributed by atoms with Crippen molar-refractivity contribution in [3.05, 3.63) is 42.7 Å². The molecule has 0 unspecified atom stereocenters. The van der Waals surface area contributed by atoms with Crippen molar-refractivity contribution in [1.29, 1.82) is 0 Å². The van der Waals surface area contributed by atoms with Crippen molar-refractivity contribution in [2.75, 3.05) is 19.5 Å². The largest absolute Gasteiger partial charge is 0.397 e. The summed E-state index contributed by atoms with van der Waals surface area (Å²) in [6.07, 6.45) is 3.38. The van der Waals surface area contributed by atoms with Crippen molar-refractivity contribution in [2.45, 2.75) is 6.54 Å². The Balaban J connectivity index is 2.21. The predicted octanol–water partition coefficient (Wildman–Crippen LogP) is 2.33. The van der Waals surface area contributed by atoms with E-state index in [1.165, 1.54) is 0 Å². The lowest BCUT2D eigenvalue weighted by molar-refractivity contribution is 0.188. The van der Waals surface area contributed by atoms with Crippen LogP contribution in [0.4, 0.5) is 5.69 Å². The molecule has 102 valence electrons. The van der Waals surface area contributed by atoms with Crippen LogP contribution in [0.2, 0.25) is 0 Å². The maximum atomic E-state index is 6.02. The Hall–Kier alpha value is -2.40. The number of nitrogens with zero attached hydrogens (tertiary/aromatic N) is 3. The Kier molecular flexibility index (Phi) is 3.35. The number of pyridine rings is 1. The molecule has 0 spiro atoms. The molecule has 5 heteroatoms. The Bertz CT molecular complexity index is 736. The maximum absolute atomic E-state index is 6.02. The second-order valence-corrected chi connectivity index (χ2v) is 4.53. The minimum Gasteiger partial charge on any atom is -0.397 e. The van der Waals surface area contributed by atoms with Crippen molar-refractivity contribution in [2.24, 2.45) is 0 Å². The topological polar surface area (TPSA) is 66.0 Å². The van der Waals surface area contributed by atoms with Crippen molar-refractivity contribution < 1.29 is 4.74 Å². The lowest BCUT2D eigenvalue weighted by Crippen LogP contribution is -2.07. The first-order chi connectivity index (χ1) is 9.81. The van der Waals surface area contributed by atoms with Gasteiger partial charge in [0.2, 0.25) is 0 Å². The van der Waals surface area contributed by atoms with Gasteiger partial charge in [0, 0.05) is 25.4 Å². The van der Waals surface area contributed by atoms with Gasteiger partial charge in [0.15, 0.2) is 0 Å². The van der Waals surface area contributed by atoms with E-state index in [4.69, 9.17) is 15.5 Å². The highest BCUT2D eigenvalue weighted by Gasteiger charge is 2.14. The average molecular weight is 268 g/mol. The number of anilines is 1. The van der Waals surface area contributed by atoms with Crippen molar-refractivity contribution in [3.63, 3.8) is 0 Å². The fraction of sp³-hybridized carbons (Fsp3) is 0.200. The van der Waals surface area contributed by atoms with Crippen LogP contribution in [0.3, 0.4) is 0 Å². The summed E-state index contributed by atoms with van der Waals surface area (Å²) in [6, 6.07) is 9.93. The van der Waals surface area contributed by atoms with Gasteiger partial charge in [-0.05, 0) is 18.2 Å². The van der Waals surface area contributed by atoms with Crippen LogP contribution in [-0.2, 0) is 11.3 Å². The minimum absolute atomic E-state index is 0.623. The number of methoxy groups -OCH3 is 1. The normalized spacial score (nSPS) is 11.1. The zero-order valence-electron chi connectivity index (χ0n) is 11.3. The molecule has 0 saturated heterocycles. The number of benzene rings is 1. The third kappa shape index (κ3) is 2.12. The van der Waals surface area contributed by atoms with E-state index in [1.54, 1.807) is 19.5 Å². The summed E-state index contributed by atoms with van der Waals surface area (Å²) in [5.74, 6) is 0.850. The molecule has 2 heterocycles. The summed E-state index contributed by atoms with van der Waals surface area (Å²) in [5, 5.41) is 0. The van der Waals surface area contributed by atoms with Crippen LogP contribution in [0.5, 0.6) is 0 Å². The zero-order chi connectivity index (χ0) is 13.9. The van der Waals surface area contributed by atoms with Gasteiger partial charge in [-0.3, -0.25) is 4.98 Å².